The van der Waals surface area contributed by atoms with E-state index in [0.717, 1.165) is 24.5 Å². The molecule has 0 aromatic carbocycles. The highest BCUT2D eigenvalue weighted by Gasteiger charge is 2.20. The number of aryl methyl sites for hydroxylation is 1. The average Bonchev–Trinajstić information content (AvgIpc) is 2.92. The van der Waals surface area contributed by atoms with Gasteiger partial charge in [0.1, 0.15) is 0 Å². The fraction of sp³-hybridized carbons (Fsp3) is 0.583. The maximum absolute atomic E-state index is 5.27. The Morgan fingerprint density at radius 1 is 1.33 bits per heavy atom. The second-order valence-electron chi connectivity index (χ2n) is 4.75. The van der Waals surface area contributed by atoms with E-state index in [-0.39, 0.29) is 6.04 Å². The van der Waals surface area contributed by atoms with E-state index in [9.17, 15) is 0 Å². The van der Waals surface area contributed by atoms with Gasteiger partial charge in [0.15, 0.2) is 11.5 Å². The summed E-state index contributed by atoms with van der Waals surface area (Å²) in [5.41, 5.74) is 1.69. The molecule has 0 unspecified atom stereocenters. The molecule has 2 N–H and O–H groups in total. The van der Waals surface area contributed by atoms with Crippen LogP contribution < -0.4 is 5.32 Å². The quantitative estimate of drug-likeness (QED) is 0.848. The summed E-state index contributed by atoms with van der Waals surface area (Å²) in [4.78, 5) is 4.44. The number of hydrogen-bond acceptors (Lipinski definition) is 5. The molecule has 1 aliphatic rings. The fourth-order valence-corrected chi connectivity index (χ4v) is 2.26. The molecule has 0 spiro atoms. The van der Waals surface area contributed by atoms with Crippen LogP contribution in [0.2, 0.25) is 0 Å². The van der Waals surface area contributed by atoms with Crippen molar-refractivity contribution in [3.63, 3.8) is 0 Å². The van der Waals surface area contributed by atoms with Gasteiger partial charge >= 0.3 is 0 Å². The first-order valence-corrected chi connectivity index (χ1v) is 6.42. The predicted molar refractivity (Wildman–Crippen MR) is 65.8 cm³/mol. The maximum atomic E-state index is 5.27. The molecule has 0 saturated carbocycles. The van der Waals surface area contributed by atoms with Crippen LogP contribution in [-0.2, 0) is 0 Å². The standard InChI is InChI=1S/C12H17N5O/c1-8-7-10(16-15-8)12-14-11(17-18-12)9-5-3-2-4-6-13-9/h7,9,13H,2-6H2,1H3,(H,15,16)/t9-/m0/s1. The Morgan fingerprint density at radius 3 is 3.11 bits per heavy atom. The number of aromatic amines is 1. The molecule has 1 aliphatic heterocycles. The molecule has 96 valence electrons. The van der Waals surface area contributed by atoms with Crippen molar-refractivity contribution in [1.82, 2.24) is 25.7 Å². The van der Waals surface area contributed by atoms with Crippen LogP contribution in [0.25, 0.3) is 11.6 Å². The molecule has 3 rings (SSSR count). The van der Waals surface area contributed by atoms with Gasteiger partial charge in [-0.15, -0.1) is 0 Å². The van der Waals surface area contributed by atoms with Crippen LogP contribution in [-0.4, -0.2) is 26.9 Å². The smallest absolute Gasteiger partial charge is 0.278 e. The Labute approximate surface area is 105 Å². The third kappa shape index (κ3) is 2.28. The van der Waals surface area contributed by atoms with Crippen LogP contribution in [0.15, 0.2) is 10.6 Å². The van der Waals surface area contributed by atoms with Gasteiger partial charge in [-0.25, -0.2) is 0 Å². The Hall–Kier alpha value is -1.69. The molecule has 6 nitrogen and oxygen atoms in total. The number of nitrogens with zero attached hydrogens (tertiary/aromatic N) is 3. The second kappa shape index (κ2) is 4.89. The molecule has 0 aliphatic carbocycles. The Balaban J connectivity index is 1.80. The van der Waals surface area contributed by atoms with E-state index in [1.807, 2.05) is 13.0 Å². The molecule has 3 heterocycles. The van der Waals surface area contributed by atoms with E-state index in [1.54, 1.807) is 0 Å². The highest BCUT2D eigenvalue weighted by Crippen LogP contribution is 2.23. The highest BCUT2D eigenvalue weighted by atomic mass is 16.5. The fourth-order valence-electron chi connectivity index (χ4n) is 2.26. The molecule has 0 bridgehead atoms. The molecule has 1 atom stereocenters. The Bertz CT molecular complexity index is 510. The molecule has 6 heteroatoms. The molecule has 2 aromatic rings. The molecular formula is C12H17N5O. The van der Waals surface area contributed by atoms with Crippen molar-refractivity contribution >= 4 is 0 Å². The monoisotopic (exact) mass is 247 g/mol. The van der Waals surface area contributed by atoms with Gasteiger partial charge in [-0.2, -0.15) is 10.1 Å². The SMILES string of the molecule is Cc1cc(-c2nc([C@@H]3CCCCCN3)no2)n[nH]1. The molecule has 1 saturated heterocycles. The summed E-state index contributed by atoms with van der Waals surface area (Å²) in [5, 5.41) is 14.5. The van der Waals surface area contributed by atoms with E-state index in [1.165, 1.54) is 19.3 Å². The maximum Gasteiger partial charge on any atom is 0.278 e. The van der Waals surface area contributed by atoms with Gasteiger partial charge in [-0.05, 0) is 32.4 Å². The first kappa shape index (κ1) is 11.4. The summed E-state index contributed by atoms with van der Waals surface area (Å²) in [6.45, 7) is 2.97. The first-order valence-electron chi connectivity index (χ1n) is 6.42. The largest absolute Gasteiger partial charge is 0.332 e. The van der Waals surface area contributed by atoms with E-state index in [2.05, 4.69) is 25.7 Å². The second-order valence-corrected chi connectivity index (χ2v) is 4.75. The molecule has 1 fully saturated rings. The third-order valence-corrected chi connectivity index (χ3v) is 3.24. The van der Waals surface area contributed by atoms with Crippen molar-refractivity contribution in [2.45, 2.75) is 38.6 Å². The van der Waals surface area contributed by atoms with Crippen LogP contribution >= 0.6 is 0 Å². The minimum absolute atomic E-state index is 0.213. The summed E-state index contributed by atoms with van der Waals surface area (Å²) in [5.74, 6) is 1.23. The molecule has 0 amide bonds. The zero-order valence-electron chi connectivity index (χ0n) is 10.4. The number of hydrogen-bond donors (Lipinski definition) is 2. The number of H-pyrrole nitrogens is 1. The van der Waals surface area contributed by atoms with Crippen LogP contribution in [0.4, 0.5) is 0 Å². The minimum Gasteiger partial charge on any atom is -0.332 e. The summed E-state index contributed by atoms with van der Waals surface area (Å²) in [6, 6.07) is 2.11. The molecule has 2 aromatic heterocycles. The number of nitrogens with one attached hydrogen (secondary N) is 2. The lowest BCUT2D eigenvalue weighted by Gasteiger charge is -2.09. The van der Waals surface area contributed by atoms with Gasteiger partial charge < -0.3 is 9.84 Å². The lowest BCUT2D eigenvalue weighted by atomic mass is 10.1. The number of aromatic nitrogens is 4. The zero-order chi connectivity index (χ0) is 12.4. The van der Waals surface area contributed by atoms with Gasteiger partial charge in [0.2, 0.25) is 0 Å². The Kier molecular flexibility index (Phi) is 3.10. The van der Waals surface area contributed by atoms with Gasteiger partial charge in [0, 0.05) is 5.69 Å². The van der Waals surface area contributed by atoms with Gasteiger partial charge in [-0.1, -0.05) is 18.0 Å². The van der Waals surface area contributed by atoms with Crippen LogP contribution in [0.5, 0.6) is 0 Å². The topological polar surface area (TPSA) is 79.6 Å². The minimum atomic E-state index is 0.213. The van der Waals surface area contributed by atoms with Crippen molar-refractivity contribution < 1.29 is 4.52 Å². The van der Waals surface area contributed by atoms with E-state index in [0.29, 0.717) is 11.6 Å². The zero-order valence-corrected chi connectivity index (χ0v) is 10.4. The summed E-state index contributed by atoms with van der Waals surface area (Å²) >= 11 is 0. The van der Waals surface area contributed by atoms with Crippen molar-refractivity contribution in [2.24, 2.45) is 0 Å². The lowest BCUT2D eigenvalue weighted by Crippen LogP contribution is -2.21. The third-order valence-electron chi connectivity index (χ3n) is 3.24. The lowest BCUT2D eigenvalue weighted by molar-refractivity contribution is 0.401. The highest BCUT2D eigenvalue weighted by molar-refractivity contribution is 5.46. The van der Waals surface area contributed by atoms with Crippen molar-refractivity contribution in [1.29, 1.82) is 0 Å². The number of rotatable bonds is 2. The van der Waals surface area contributed by atoms with Crippen molar-refractivity contribution in [3.8, 4) is 11.6 Å². The average molecular weight is 247 g/mol. The van der Waals surface area contributed by atoms with Crippen molar-refractivity contribution in [3.05, 3.63) is 17.6 Å². The predicted octanol–water partition coefficient (Wildman–Crippen LogP) is 1.97. The van der Waals surface area contributed by atoms with Crippen LogP contribution in [0.3, 0.4) is 0 Å². The molecular weight excluding hydrogens is 230 g/mol. The van der Waals surface area contributed by atoms with E-state index < -0.39 is 0 Å². The van der Waals surface area contributed by atoms with Gasteiger partial charge in [-0.3, -0.25) is 5.10 Å². The van der Waals surface area contributed by atoms with Crippen LogP contribution in [0.1, 0.15) is 43.2 Å². The summed E-state index contributed by atoms with van der Waals surface area (Å²) in [6.07, 6.45) is 4.77. The van der Waals surface area contributed by atoms with E-state index >= 15 is 0 Å². The van der Waals surface area contributed by atoms with Gasteiger partial charge in [0.05, 0.1) is 6.04 Å². The first-order chi connectivity index (χ1) is 8.83. The molecule has 0 radical (unpaired) electrons. The normalized spacial score (nSPS) is 20.8. The summed E-state index contributed by atoms with van der Waals surface area (Å²) in [7, 11) is 0. The summed E-state index contributed by atoms with van der Waals surface area (Å²) < 4.78 is 5.27. The van der Waals surface area contributed by atoms with Crippen molar-refractivity contribution in [2.75, 3.05) is 6.54 Å². The van der Waals surface area contributed by atoms with E-state index in [4.69, 9.17) is 4.52 Å². The Morgan fingerprint density at radius 2 is 2.28 bits per heavy atom. The van der Waals surface area contributed by atoms with Gasteiger partial charge in [0.25, 0.3) is 5.89 Å². The van der Waals surface area contributed by atoms with Crippen LogP contribution in [0, 0.1) is 6.92 Å². The molecule has 18 heavy (non-hydrogen) atoms.